The Morgan fingerprint density at radius 3 is 2.58 bits per heavy atom. The molecule has 0 aliphatic rings. The van der Waals surface area contributed by atoms with Gasteiger partial charge in [-0.3, -0.25) is 0 Å². The number of pyridine rings is 1. The number of aryl methyl sites for hydroxylation is 2. The van der Waals surface area contributed by atoms with Gasteiger partial charge in [-0.15, -0.1) is 0 Å². The van der Waals surface area contributed by atoms with Crippen LogP contribution in [-0.4, -0.2) is 0 Å². The molecule has 0 fully saturated rings. The van der Waals surface area contributed by atoms with Crippen molar-refractivity contribution in [3.05, 3.63) is 65.4 Å². The van der Waals surface area contributed by atoms with E-state index in [-0.39, 0.29) is 0 Å². The Hall–Kier alpha value is -3.12. The lowest BCUT2D eigenvalue weighted by Gasteiger charge is -2.08. The summed E-state index contributed by atoms with van der Waals surface area (Å²) in [6.45, 7) is 6.39. The van der Waals surface area contributed by atoms with Gasteiger partial charge in [0, 0.05) is 22.9 Å². The Morgan fingerprint density at radius 2 is 1.88 bits per heavy atom. The van der Waals surface area contributed by atoms with Crippen LogP contribution < -0.4 is 4.57 Å². The zero-order chi connectivity index (χ0) is 18.4. The van der Waals surface area contributed by atoms with Gasteiger partial charge in [-0.25, -0.2) is 4.57 Å². The number of benzene rings is 2. The van der Waals surface area contributed by atoms with Crippen LogP contribution in [0.3, 0.4) is 0 Å². The van der Waals surface area contributed by atoms with Gasteiger partial charge in [0.1, 0.15) is 24.3 Å². The van der Waals surface area contributed by atoms with Crippen LogP contribution in [-0.2, 0) is 7.05 Å². The average molecular weight is 341 g/mol. The minimum atomic E-state index is 0.423. The van der Waals surface area contributed by atoms with E-state index in [1.165, 1.54) is 5.56 Å². The van der Waals surface area contributed by atoms with Gasteiger partial charge in [-0.1, -0.05) is 19.9 Å². The maximum Gasteiger partial charge on any atom is 0.213 e. The second-order valence-corrected chi connectivity index (χ2v) is 7.14. The van der Waals surface area contributed by atoms with Crippen molar-refractivity contribution in [2.24, 2.45) is 7.05 Å². The Morgan fingerprint density at radius 1 is 1.08 bits per heavy atom. The maximum atomic E-state index is 10.0. The lowest BCUT2D eigenvalue weighted by atomic mass is 9.93. The molecule has 0 unspecified atom stereocenters. The zero-order valence-corrected chi connectivity index (χ0v) is 15.5. The monoisotopic (exact) mass is 341 g/mol. The largest absolute Gasteiger partial charge is 0.456 e. The first kappa shape index (κ1) is 16.4. The molecule has 3 heteroatoms. The number of aromatic nitrogens is 1. The average Bonchev–Trinajstić information content (AvgIpc) is 2.98. The molecule has 4 aromatic rings. The normalized spacial score (nSPS) is 11.4. The molecule has 0 saturated carbocycles. The number of fused-ring (bicyclic) bond motifs is 3. The number of hydrogen-bond acceptors (Lipinski definition) is 2. The molecule has 3 nitrogen and oxygen atoms in total. The molecule has 0 N–H and O–H groups in total. The van der Waals surface area contributed by atoms with Crippen LogP contribution >= 0.6 is 0 Å². The summed E-state index contributed by atoms with van der Waals surface area (Å²) in [5.74, 6) is 0.423. The highest BCUT2D eigenvalue weighted by Gasteiger charge is 2.23. The molecule has 0 atom stereocenters. The minimum absolute atomic E-state index is 0.423. The highest BCUT2D eigenvalue weighted by molar-refractivity contribution is 6.10. The van der Waals surface area contributed by atoms with Gasteiger partial charge in [0.25, 0.3) is 0 Å². The van der Waals surface area contributed by atoms with E-state index in [1.807, 2.05) is 44.4 Å². The van der Waals surface area contributed by atoms with Gasteiger partial charge in [-0.2, -0.15) is 5.26 Å². The summed E-state index contributed by atoms with van der Waals surface area (Å²) in [5, 5.41) is 12.0. The first-order chi connectivity index (χ1) is 12.5. The fraction of sp³-hybridized carbons (Fsp3) is 0.217. The summed E-state index contributed by atoms with van der Waals surface area (Å²) in [6.07, 6.45) is 2.00. The molecule has 128 valence electrons. The Kier molecular flexibility index (Phi) is 3.77. The number of nitrogens with zero attached hydrogens (tertiary/aromatic N) is 2. The minimum Gasteiger partial charge on any atom is -0.456 e. The van der Waals surface area contributed by atoms with Crippen LogP contribution in [0.15, 0.2) is 53.1 Å². The van der Waals surface area contributed by atoms with Crippen LogP contribution in [0.1, 0.15) is 36.5 Å². The Labute approximate surface area is 153 Å². The summed E-state index contributed by atoms with van der Waals surface area (Å²) in [4.78, 5) is 0. The predicted molar refractivity (Wildman–Crippen MR) is 104 cm³/mol. The topological polar surface area (TPSA) is 40.8 Å². The number of furan rings is 1. The standard InChI is InChI=1S/C23H21N2O/c1-14(2)16-8-9-20-17(12-16)23-18(13-24)22(15(3)11-21(23)26-20)19-7-5-6-10-25(19)4/h5-12,14H,1-4H3/q+1. The van der Waals surface area contributed by atoms with Crippen LogP contribution in [0, 0.1) is 18.3 Å². The van der Waals surface area contributed by atoms with E-state index in [1.54, 1.807) is 0 Å². The molecular formula is C23H21N2O+. The molecule has 0 amide bonds. The Balaban J connectivity index is 2.16. The third kappa shape index (κ3) is 2.38. The van der Waals surface area contributed by atoms with Gasteiger partial charge in [0.2, 0.25) is 5.69 Å². The number of rotatable bonds is 2. The predicted octanol–water partition coefficient (Wildman–Crippen LogP) is 5.38. The summed E-state index contributed by atoms with van der Waals surface area (Å²) < 4.78 is 8.13. The van der Waals surface area contributed by atoms with E-state index >= 15 is 0 Å². The molecule has 2 heterocycles. The lowest BCUT2D eigenvalue weighted by molar-refractivity contribution is -0.660. The van der Waals surface area contributed by atoms with E-state index in [4.69, 9.17) is 4.42 Å². The second-order valence-electron chi connectivity index (χ2n) is 7.14. The second kappa shape index (κ2) is 6.00. The van der Waals surface area contributed by atoms with Crippen LogP contribution in [0.25, 0.3) is 33.2 Å². The molecule has 26 heavy (non-hydrogen) atoms. The maximum absolute atomic E-state index is 10.0. The van der Waals surface area contributed by atoms with Crippen molar-refractivity contribution in [3.63, 3.8) is 0 Å². The number of nitriles is 1. The molecule has 2 aromatic carbocycles. The molecule has 2 aromatic heterocycles. The number of hydrogen-bond donors (Lipinski definition) is 0. The van der Waals surface area contributed by atoms with Crippen LogP contribution in [0.5, 0.6) is 0 Å². The molecule has 0 bridgehead atoms. The van der Waals surface area contributed by atoms with Gasteiger partial charge in [-0.05, 0) is 48.2 Å². The molecule has 0 radical (unpaired) electrons. The molecular weight excluding hydrogens is 320 g/mol. The summed E-state index contributed by atoms with van der Waals surface area (Å²) >= 11 is 0. The van der Waals surface area contributed by atoms with E-state index in [2.05, 4.69) is 42.7 Å². The van der Waals surface area contributed by atoms with Crippen molar-refractivity contribution in [2.45, 2.75) is 26.7 Å². The SMILES string of the molecule is Cc1cc2oc3ccc(C(C)C)cc3c2c(C#N)c1-c1cccc[n+]1C. The van der Waals surface area contributed by atoms with Crippen LogP contribution in [0.4, 0.5) is 0 Å². The van der Waals surface area contributed by atoms with Gasteiger partial charge in [0.15, 0.2) is 6.20 Å². The first-order valence-electron chi connectivity index (χ1n) is 8.86. The van der Waals surface area contributed by atoms with Gasteiger partial charge >= 0.3 is 0 Å². The fourth-order valence-electron chi connectivity index (χ4n) is 3.67. The fourth-order valence-corrected chi connectivity index (χ4v) is 3.67. The quantitative estimate of drug-likeness (QED) is 0.459. The van der Waals surface area contributed by atoms with Crippen molar-refractivity contribution >= 4 is 21.9 Å². The molecule has 0 aliphatic carbocycles. The highest BCUT2D eigenvalue weighted by Crippen LogP contribution is 2.38. The van der Waals surface area contributed by atoms with Crippen LogP contribution in [0.2, 0.25) is 0 Å². The molecule has 0 spiro atoms. The van der Waals surface area contributed by atoms with Crippen molar-refractivity contribution < 1.29 is 8.98 Å². The molecule has 0 aliphatic heterocycles. The van der Waals surface area contributed by atoms with Crippen molar-refractivity contribution in [2.75, 3.05) is 0 Å². The highest BCUT2D eigenvalue weighted by atomic mass is 16.3. The summed E-state index contributed by atoms with van der Waals surface area (Å²) in [5.41, 5.74) is 6.57. The summed E-state index contributed by atoms with van der Waals surface area (Å²) in [6, 6.07) is 16.8. The third-order valence-electron chi connectivity index (χ3n) is 5.07. The van der Waals surface area contributed by atoms with E-state index in [0.717, 1.165) is 38.8 Å². The van der Waals surface area contributed by atoms with E-state index < -0.39 is 0 Å². The van der Waals surface area contributed by atoms with E-state index in [9.17, 15) is 5.26 Å². The van der Waals surface area contributed by atoms with Crippen molar-refractivity contribution in [1.29, 1.82) is 5.26 Å². The smallest absolute Gasteiger partial charge is 0.213 e. The molecule has 4 rings (SSSR count). The molecule has 0 saturated heterocycles. The van der Waals surface area contributed by atoms with Crippen molar-refractivity contribution in [3.8, 4) is 17.3 Å². The van der Waals surface area contributed by atoms with Crippen molar-refractivity contribution in [1.82, 2.24) is 0 Å². The zero-order valence-electron chi connectivity index (χ0n) is 15.5. The third-order valence-corrected chi connectivity index (χ3v) is 5.07. The lowest BCUT2D eigenvalue weighted by Crippen LogP contribution is -2.30. The van der Waals surface area contributed by atoms with E-state index in [0.29, 0.717) is 11.5 Å². The van der Waals surface area contributed by atoms with Gasteiger partial charge < -0.3 is 4.42 Å². The van der Waals surface area contributed by atoms with Gasteiger partial charge in [0.05, 0.1) is 11.1 Å². The first-order valence-corrected chi connectivity index (χ1v) is 8.86. The Bertz CT molecular complexity index is 1190. The summed E-state index contributed by atoms with van der Waals surface area (Å²) in [7, 11) is 2.00.